The van der Waals surface area contributed by atoms with Gasteiger partial charge in [0.1, 0.15) is 11.3 Å². The number of pyridine rings is 1. The molecule has 8 nitrogen and oxygen atoms in total. The molecule has 0 aliphatic carbocycles. The fraction of sp³-hybridized carbons (Fsp3) is 0.235. The normalized spacial score (nSPS) is 10.8. The SMILES string of the molecule is CC(=O)Nc1cc2nc(C)n(Cc3cccc([N+](=O)[O-])c3)c2nc1C. The van der Waals surface area contributed by atoms with Crippen LogP contribution in [-0.4, -0.2) is 25.4 Å². The second-order valence-corrected chi connectivity index (χ2v) is 5.82. The second-order valence-electron chi connectivity index (χ2n) is 5.82. The Hall–Kier alpha value is -3.29. The molecule has 128 valence electrons. The number of hydrogen-bond acceptors (Lipinski definition) is 5. The fourth-order valence-corrected chi connectivity index (χ4v) is 2.71. The number of aryl methyl sites for hydroxylation is 2. The van der Waals surface area contributed by atoms with E-state index >= 15 is 0 Å². The van der Waals surface area contributed by atoms with Crippen LogP contribution in [-0.2, 0) is 11.3 Å². The van der Waals surface area contributed by atoms with E-state index in [1.807, 2.05) is 24.5 Å². The number of aromatic nitrogens is 3. The van der Waals surface area contributed by atoms with Gasteiger partial charge in [0.25, 0.3) is 5.69 Å². The highest BCUT2D eigenvalue weighted by Crippen LogP contribution is 2.23. The Morgan fingerprint density at radius 3 is 2.72 bits per heavy atom. The van der Waals surface area contributed by atoms with Crippen LogP contribution in [0.5, 0.6) is 0 Å². The van der Waals surface area contributed by atoms with Crippen LogP contribution in [0.1, 0.15) is 24.0 Å². The number of rotatable bonds is 4. The van der Waals surface area contributed by atoms with E-state index in [1.165, 1.54) is 13.0 Å². The summed E-state index contributed by atoms with van der Waals surface area (Å²) < 4.78 is 1.90. The van der Waals surface area contributed by atoms with Crippen LogP contribution in [0.4, 0.5) is 11.4 Å². The van der Waals surface area contributed by atoms with Crippen LogP contribution in [0.15, 0.2) is 30.3 Å². The molecule has 0 bridgehead atoms. The molecule has 25 heavy (non-hydrogen) atoms. The first-order valence-corrected chi connectivity index (χ1v) is 7.70. The zero-order valence-corrected chi connectivity index (χ0v) is 14.1. The molecule has 0 aliphatic rings. The van der Waals surface area contributed by atoms with Gasteiger partial charge in [0, 0.05) is 19.1 Å². The number of imidazole rings is 1. The predicted octanol–water partition coefficient (Wildman–Crippen LogP) is 2.96. The first-order chi connectivity index (χ1) is 11.8. The van der Waals surface area contributed by atoms with Crippen molar-refractivity contribution in [1.29, 1.82) is 0 Å². The molecule has 2 heterocycles. The largest absolute Gasteiger partial charge is 0.325 e. The van der Waals surface area contributed by atoms with Gasteiger partial charge in [0.2, 0.25) is 5.91 Å². The molecule has 1 aromatic carbocycles. The van der Waals surface area contributed by atoms with Crippen LogP contribution >= 0.6 is 0 Å². The highest BCUT2D eigenvalue weighted by Gasteiger charge is 2.14. The average Bonchev–Trinajstić information content (AvgIpc) is 2.83. The summed E-state index contributed by atoms with van der Waals surface area (Å²) in [5.41, 5.74) is 3.49. The van der Waals surface area contributed by atoms with Gasteiger partial charge in [-0.3, -0.25) is 14.9 Å². The van der Waals surface area contributed by atoms with E-state index in [0.29, 0.717) is 29.1 Å². The number of nitro groups is 1. The molecule has 0 radical (unpaired) electrons. The van der Waals surface area contributed by atoms with Crippen LogP contribution in [0, 0.1) is 24.0 Å². The molecule has 2 aromatic heterocycles. The first kappa shape index (κ1) is 16.6. The van der Waals surface area contributed by atoms with E-state index in [9.17, 15) is 14.9 Å². The van der Waals surface area contributed by atoms with Crippen molar-refractivity contribution in [3.8, 4) is 0 Å². The number of carbonyl (C=O) groups excluding carboxylic acids is 1. The molecule has 0 saturated carbocycles. The molecule has 0 aliphatic heterocycles. The molecule has 0 fully saturated rings. The van der Waals surface area contributed by atoms with Crippen molar-refractivity contribution in [3.05, 3.63) is 57.5 Å². The summed E-state index contributed by atoms with van der Waals surface area (Å²) >= 11 is 0. The van der Waals surface area contributed by atoms with Crippen LogP contribution in [0.3, 0.4) is 0 Å². The Kier molecular flexibility index (Phi) is 4.18. The summed E-state index contributed by atoms with van der Waals surface area (Å²) in [6, 6.07) is 8.29. The lowest BCUT2D eigenvalue weighted by atomic mass is 10.2. The number of nitrogens with zero attached hydrogens (tertiary/aromatic N) is 4. The molecule has 1 amide bonds. The van der Waals surface area contributed by atoms with Gasteiger partial charge in [0.15, 0.2) is 5.65 Å². The lowest BCUT2D eigenvalue weighted by Gasteiger charge is -2.09. The summed E-state index contributed by atoms with van der Waals surface area (Å²) in [4.78, 5) is 30.9. The van der Waals surface area contributed by atoms with Gasteiger partial charge in [-0.1, -0.05) is 12.1 Å². The fourth-order valence-electron chi connectivity index (χ4n) is 2.71. The lowest BCUT2D eigenvalue weighted by molar-refractivity contribution is -0.384. The Balaban J connectivity index is 2.03. The lowest BCUT2D eigenvalue weighted by Crippen LogP contribution is -2.09. The summed E-state index contributed by atoms with van der Waals surface area (Å²) in [7, 11) is 0. The smallest absolute Gasteiger partial charge is 0.269 e. The quantitative estimate of drug-likeness (QED) is 0.581. The van der Waals surface area contributed by atoms with Gasteiger partial charge in [0.05, 0.1) is 22.8 Å². The third-order valence-corrected chi connectivity index (χ3v) is 3.87. The maximum absolute atomic E-state index is 11.3. The van der Waals surface area contributed by atoms with Gasteiger partial charge in [-0.2, -0.15) is 0 Å². The Morgan fingerprint density at radius 2 is 2.04 bits per heavy atom. The van der Waals surface area contributed by atoms with Gasteiger partial charge >= 0.3 is 0 Å². The van der Waals surface area contributed by atoms with Crippen LogP contribution in [0.2, 0.25) is 0 Å². The summed E-state index contributed by atoms with van der Waals surface area (Å²) in [6.45, 7) is 5.53. The third-order valence-electron chi connectivity index (χ3n) is 3.87. The maximum atomic E-state index is 11.3. The molecule has 8 heteroatoms. The van der Waals surface area contributed by atoms with Gasteiger partial charge in [-0.05, 0) is 25.5 Å². The Labute approximate surface area is 143 Å². The van der Waals surface area contributed by atoms with E-state index in [4.69, 9.17) is 0 Å². The van der Waals surface area contributed by atoms with Crippen molar-refractivity contribution in [2.24, 2.45) is 0 Å². The highest BCUT2D eigenvalue weighted by atomic mass is 16.6. The number of benzene rings is 1. The van der Waals surface area contributed by atoms with Crippen molar-refractivity contribution in [3.63, 3.8) is 0 Å². The number of nitro benzene ring substituents is 1. The number of carbonyl (C=O) groups is 1. The zero-order chi connectivity index (χ0) is 18.1. The standard InChI is InChI=1S/C17H17N5O3/c1-10-15(20-12(3)23)8-16-17(18-10)21(11(2)19-16)9-13-5-4-6-14(7-13)22(24)25/h4-8H,9H2,1-3H3,(H,20,23). The molecule has 3 rings (SSSR count). The Morgan fingerprint density at radius 1 is 1.28 bits per heavy atom. The zero-order valence-electron chi connectivity index (χ0n) is 14.1. The molecular weight excluding hydrogens is 322 g/mol. The number of amides is 1. The van der Waals surface area contributed by atoms with Gasteiger partial charge < -0.3 is 9.88 Å². The molecule has 0 unspecified atom stereocenters. The summed E-state index contributed by atoms with van der Waals surface area (Å²) in [5, 5.41) is 13.7. The number of hydrogen-bond donors (Lipinski definition) is 1. The van der Waals surface area contributed by atoms with E-state index in [1.54, 1.807) is 18.2 Å². The number of non-ortho nitro benzene ring substituents is 1. The Bertz CT molecular complexity index is 993. The van der Waals surface area contributed by atoms with Crippen LogP contribution in [0.25, 0.3) is 11.2 Å². The molecule has 3 aromatic rings. The third kappa shape index (κ3) is 3.32. The number of nitrogens with one attached hydrogen (secondary N) is 1. The summed E-state index contributed by atoms with van der Waals surface area (Å²) in [6.07, 6.45) is 0. The van der Waals surface area contributed by atoms with E-state index in [0.717, 1.165) is 11.4 Å². The van der Waals surface area contributed by atoms with Crippen LogP contribution < -0.4 is 5.32 Å². The monoisotopic (exact) mass is 339 g/mol. The van der Waals surface area contributed by atoms with Crippen molar-refractivity contribution in [2.45, 2.75) is 27.3 Å². The van der Waals surface area contributed by atoms with Crippen molar-refractivity contribution in [1.82, 2.24) is 14.5 Å². The first-order valence-electron chi connectivity index (χ1n) is 7.70. The van der Waals surface area contributed by atoms with E-state index in [2.05, 4.69) is 15.3 Å². The van der Waals surface area contributed by atoms with E-state index < -0.39 is 4.92 Å². The predicted molar refractivity (Wildman–Crippen MR) is 93.5 cm³/mol. The number of fused-ring (bicyclic) bond motifs is 1. The van der Waals surface area contributed by atoms with Gasteiger partial charge in [-0.25, -0.2) is 9.97 Å². The second kappa shape index (κ2) is 6.31. The molecule has 0 atom stereocenters. The van der Waals surface area contributed by atoms with Crippen molar-refractivity contribution in [2.75, 3.05) is 5.32 Å². The topological polar surface area (TPSA) is 103 Å². The van der Waals surface area contributed by atoms with E-state index in [-0.39, 0.29) is 11.6 Å². The minimum Gasteiger partial charge on any atom is -0.325 e. The molecular formula is C17H17N5O3. The van der Waals surface area contributed by atoms with Crippen molar-refractivity contribution >= 4 is 28.4 Å². The average molecular weight is 339 g/mol. The minimum absolute atomic E-state index is 0.0525. The highest BCUT2D eigenvalue weighted by molar-refractivity contribution is 5.91. The minimum atomic E-state index is -0.412. The van der Waals surface area contributed by atoms with Gasteiger partial charge in [-0.15, -0.1) is 0 Å². The van der Waals surface area contributed by atoms with Crippen molar-refractivity contribution < 1.29 is 9.72 Å². The summed E-state index contributed by atoms with van der Waals surface area (Å²) in [5.74, 6) is 0.574. The maximum Gasteiger partial charge on any atom is 0.269 e. The molecule has 0 saturated heterocycles. The molecule has 0 spiro atoms. The molecule has 1 N–H and O–H groups in total. The number of anilines is 1.